The summed E-state index contributed by atoms with van der Waals surface area (Å²) in [6, 6.07) is 6.45. The molecular weight excluding hydrogens is 456 g/mol. The van der Waals surface area contributed by atoms with E-state index in [0.717, 1.165) is 65.5 Å². The van der Waals surface area contributed by atoms with Crippen molar-refractivity contribution < 1.29 is 19.7 Å². The van der Waals surface area contributed by atoms with Crippen molar-refractivity contribution in [3.8, 4) is 0 Å². The molecule has 16 heteroatoms. The van der Waals surface area contributed by atoms with Gasteiger partial charge in [-0.15, -0.1) is 0 Å². The molecule has 146 valence electrons. The minimum absolute atomic E-state index is 0.173. The zero-order valence-electron chi connectivity index (χ0n) is 13.2. The van der Waals surface area contributed by atoms with E-state index >= 15 is 0 Å². The Morgan fingerprint density at radius 3 is 1.21 bits per heavy atom. The molecule has 0 unspecified atom stereocenters. The predicted octanol–water partition coefficient (Wildman–Crippen LogP) is 5.42. The van der Waals surface area contributed by atoms with Crippen molar-refractivity contribution in [1.29, 1.82) is 0 Å². The van der Waals surface area contributed by atoms with Crippen LogP contribution in [0.25, 0.3) is 0 Å². The summed E-state index contributed by atoms with van der Waals surface area (Å²) in [4.78, 5) is 41.0. The van der Waals surface area contributed by atoms with Crippen LogP contribution in [-0.2, 0) is 0 Å². The second-order valence-electron chi connectivity index (χ2n) is 4.64. The Morgan fingerprint density at radius 1 is 0.571 bits per heavy atom. The van der Waals surface area contributed by atoms with E-state index in [9.17, 15) is 40.5 Å². The van der Waals surface area contributed by atoms with E-state index in [-0.39, 0.29) is 9.79 Å². The molecule has 0 N–H and O–H groups in total. The Hall–Kier alpha value is -2.56. The summed E-state index contributed by atoms with van der Waals surface area (Å²) >= 11 is 0. The predicted molar refractivity (Wildman–Crippen MR) is 106 cm³/mol. The Morgan fingerprint density at radius 2 is 0.929 bits per heavy atom. The third-order valence-electron chi connectivity index (χ3n) is 2.98. The maximum atomic E-state index is 11.1. The highest BCUT2D eigenvalue weighted by Crippen LogP contribution is 2.52. The number of hydrogen-bond donors (Lipinski definition) is 0. The van der Waals surface area contributed by atoms with E-state index in [1.54, 1.807) is 0 Å². The standard InChI is InChI=1S/C12H6N4O8S4/c17-13(18)7-1-3-11(9(5-7)15(21)22)25-27-28-26-12-4-2-8(14(19)20)6-10(12)16(23)24/h1-6H. The Labute approximate surface area is 170 Å². The number of nitro groups is 4. The molecule has 0 aliphatic rings. The lowest BCUT2D eigenvalue weighted by molar-refractivity contribution is -0.396. The number of non-ortho nitro benzene ring substituents is 2. The molecular formula is C12H6N4O8S4. The van der Waals surface area contributed by atoms with Crippen LogP contribution in [0.2, 0.25) is 0 Å². The molecule has 0 aromatic heterocycles. The summed E-state index contributed by atoms with van der Waals surface area (Å²) < 4.78 is 0. The van der Waals surface area contributed by atoms with Crippen LogP contribution in [0, 0.1) is 40.5 Å². The van der Waals surface area contributed by atoms with Crippen LogP contribution in [0.3, 0.4) is 0 Å². The molecule has 0 heterocycles. The molecule has 0 bridgehead atoms. The summed E-state index contributed by atoms with van der Waals surface area (Å²) in [6.07, 6.45) is 0. The first-order valence-corrected chi connectivity index (χ1v) is 11.6. The SMILES string of the molecule is O=[N+]([O-])c1ccc(SSSSc2ccc([N+](=O)[O-])cc2[N+](=O)[O-])c([N+](=O)[O-])c1. The van der Waals surface area contributed by atoms with Gasteiger partial charge in [0.05, 0.1) is 41.6 Å². The number of nitrogens with zero attached hydrogens (tertiary/aromatic N) is 4. The van der Waals surface area contributed by atoms with Gasteiger partial charge in [-0.3, -0.25) is 40.5 Å². The monoisotopic (exact) mass is 462 g/mol. The van der Waals surface area contributed by atoms with Crippen LogP contribution in [0.5, 0.6) is 0 Å². The van der Waals surface area contributed by atoms with Crippen LogP contribution in [0.4, 0.5) is 22.7 Å². The van der Waals surface area contributed by atoms with Crippen LogP contribution < -0.4 is 0 Å². The quantitative estimate of drug-likeness (QED) is 0.201. The molecule has 0 radical (unpaired) electrons. The van der Waals surface area contributed by atoms with E-state index in [0.29, 0.717) is 0 Å². The van der Waals surface area contributed by atoms with Gasteiger partial charge in [0, 0.05) is 12.1 Å². The number of nitro benzene ring substituents is 4. The zero-order chi connectivity index (χ0) is 20.8. The first-order chi connectivity index (χ1) is 13.2. The van der Waals surface area contributed by atoms with E-state index < -0.39 is 42.4 Å². The molecule has 0 amide bonds. The largest absolute Gasteiger partial charge is 0.290 e. The summed E-state index contributed by atoms with van der Waals surface area (Å²) in [5, 5.41) is 43.6. The normalized spacial score (nSPS) is 10.4. The van der Waals surface area contributed by atoms with E-state index in [2.05, 4.69) is 0 Å². The van der Waals surface area contributed by atoms with Crippen LogP contribution in [0.1, 0.15) is 0 Å². The average molecular weight is 462 g/mol. The van der Waals surface area contributed by atoms with Gasteiger partial charge in [0.25, 0.3) is 22.7 Å². The number of benzene rings is 2. The molecule has 0 aliphatic heterocycles. The molecule has 0 saturated carbocycles. The first-order valence-electron chi connectivity index (χ1n) is 6.74. The Kier molecular flexibility index (Phi) is 7.44. The zero-order valence-corrected chi connectivity index (χ0v) is 16.4. The molecule has 2 aromatic carbocycles. The van der Waals surface area contributed by atoms with Gasteiger partial charge in [0.1, 0.15) is 0 Å². The second kappa shape index (κ2) is 9.58. The number of hydrogen-bond acceptors (Lipinski definition) is 12. The van der Waals surface area contributed by atoms with Crippen LogP contribution in [-0.4, -0.2) is 19.7 Å². The maximum Gasteiger partial charge on any atom is 0.290 e. The molecule has 0 saturated heterocycles. The minimum atomic E-state index is -0.743. The minimum Gasteiger partial charge on any atom is -0.258 e. The van der Waals surface area contributed by atoms with Gasteiger partial charge in [-0.2, -0.15) is 0 Å². The van der Waals surface area contributed by atoms with Gasteiger partial charge in [-0.05, 0) is 53.4 Å². The lowest BCUT2D eigenvalue weighted by atomic mass is 10.3. The van der Waals surface area contributed by atoms with Crippen LogP contribution >= 0.6 is 41.2 Å². The third kappa shape index (κ3) is 5.47. The summed E-state index contributed by atoms with van der Waals surface area (Å²) in [5.41, 5.74) is -1.69. The van der Waals surface area contributed by atoms with E-state index in [4.69, 9.17) is 0 Å². The van der Waals surface area contributed by atoms with Crippen LogP contribution in [0.15, 0.2) is 46.2 Å². The van der Waals surface area contributed by atoms with Crippen molar-refractivity contribution >= 4 is 64.0 Å². The molecule has 0 fully saturated rings. The molecule has 0 atom stereocenters. The molecule has 12 nitrogen and oxygen atoms in total. The van der Waals surface area contributed by atoms with Crippen molar-refractivity contribution in [2.45, 2.75) is 9.79 Å². The van der Waals surface area contributed by atoms with Gasteiger partial charge in [-0.25, -0.2) is 0 Å². The molecule has 28 heavy (non-hydrogen) atoms. The third-order valence-corrected chi connectivity index (χ3v) is 9.09. The smallest absolute Gasteiger partial charge is 0.258 e. The molecule has 0 aliphatic carbocycles. The first kappa shape index (κ1) is 21.7. The summed E-state index contributed by atoms with van der Waals surface area (Å²) in [5.74, 6) is 0. The fourth-order valence-corrected chi connectivity index (χ4v) is 7.42. The Balaban J connectivity index is 2.07. The summed E-state index contributed by atoms with van der Waals surface area (Å²) in [6.45, 7) is 0. The van der Waals surface area contributed by atoms with Crippen molar-refractivity contribution in [2.24, 2.45) is 0 Å². The molecule has 2 aromatic rings. The van der Waals surface area contributed by atoms with E-state index in [1.807, 2.05) is 0 Å². The second-order valence-corrected chi connectivity index (χ2v) is 10.4. The topological polar surface area (TPSA) is 173 Å². The van der Waals surface area contributed by atoms with Crippen molar-refractivity contribution in [3.05, 3.63) is 76.9 Å². The molecule has 0 spiro atoms. The molecule has 2 rings (SSSR count). The Bertz CT molecular complexity index is 895. The van der Waals surface area contributed by atoms with E-state index in [1.165, 1.54) is 12.1 Å². The van der Waals surface area contributed by atoms with Crippen molar-refractivity contribution in [3.63, 3.8) is 0 Å². The lowest BCUT2D eigenvalue weighted by Gasteiger charge is -2.03. The highest BCUT2D eigenvalue weighted by atomic mass is 33.7. The maximum absolute atomic E-state index is 11.1. The fourth-order valence-electron chi connectivity index (χ4n) is 1.77. The van der Waals surface area contributed by atoms with Gasteiger partial charge in [0.2, 0.25) is 0 Å². The van der Waals surface area contributed by atoms with Crippen molar-refractivity contribution in [1.82, 2.24) is 0 Å². The van der Waals surface area contributed by atoms with Crippen molar-refractivity contribution in [2.75, 3.05) is 0 Å². The van der Waals surface area contributed by atoms with Gasteiger partial charge < -0.3 is 0 Å². The van der Waals surface area contributed by atoms with Gasteiger partial charge in [-0.1, -0.05) is 0 Å². The number of rotatable bonds is 9. The summed E-state index contributed by atoms with van der Waals surface area (Å²) in [7, 11) is 3.99. The van der Waals surface area contributed by atoms with Gasteiger partial charge >= 0.3 is 0 Å². The van der Waals surface area contributed by atoms with Gasteiger partial charge in [0.15, 0.2) is 0 Å². The highest BCUT2D eigenvalue weighted by molar-refractivity contribution is 9.26. The fraction of sp³-hybridized carbons (Fsp3) is 0. The lowest BCUT2D eigenvalue weighted by Crippen LogP contribution is -1.94. The average Bonchev–Trinajstić information content (AvgIpc) is 2.64. The highest BCUT2D eigenvalue weighted by Gasteiger charge is 2.22.